The van der Waals surface area contributed by atoms with Gasteiger partial charge >= 0.3 is 0 Å². The van der Waals surface area contributed by atoms with Crippen molar-refractivity contribution in [1.29, 1.82) is 0 Å². The molecular weight excluding hydrogens is 302 g/mol. The number of quaternary nitrogens is 1. The molecule has 0 saturated heterocycles. The molecule has 2 rings (SSSR count). The minimum atomic E-state index is -3.20. The number of thiophene rings is 1. The van der Waals surface area contributed by atoms with Gasteiger partial charge in [-0.05, 0) is 35.7 Å². The summed E-state index contributed by atoms with van der Waals surface area (Å²) < 4.78 is 24.1. The van der Waals surface area contributed by atoms with Crippen LogP contribution in [-0.4, -0.2) is 20.7 Å². The van der Waals surface area contributed by atoms with Gasteiger partial charge in [0.15, 0.2) is 9.84 Å². The first-order chi connectivity index (χ1) is 9.08. The summed E-state index contributed by atoms with van der Waals surface area (Å²) in [5.41, 5.74) is 0. The summed E-state index contributed by atoms with van der Waals surface area (Å²) in [6.07, 6.45) is 0. The zero-order chi connectivity index (χ0) is 13.7. The maximum absolute atomic E-state index is 12.0. The van der Waals surface area contributed by atoms with E-state index < -0.39 is 9.84 Å². The van der Waals surface area contributed by atoms with Crippen LogP contribution in [0.1, 0.15) is 4.88 Å². The predicted octanol–water partition coefficient (Wildman–Crippen LogP) is 1.94. The Hall–Kier alpha value is -0.880. The van der Waals surface area contributed by atoms with Crippen LogP contribution in [0.4, 0.5) is 0 Å². The van der Waals surface area contributed by atoms with Crippen LogP contribution in [0.3, 0.4) is 0 Å². The van der Waals surface area contributed by atoms with Crippen LogP contribution in [0.5, 0.6) is 0 Å². The lowest BCUT2D eigenvalue weighted by Crippen LogP contribution is -2.83. The minimum absolute atomic E-state index is 0.139. The van der Waals surface area contributed by atoms with Crippen molar-refractivity contribution in [3.05, 3.63) is 51.7 Å². The van der Waals surface area contributed by atoms with Crippen LogP contribution >= 0.6 is 22.9 Å². The Morgan fingerprint density at radius 2 is 1.89 bits per heavy atom. The van der Waals surface area contributed by atoms with Gasteiger partial charge in [-0.15, -0.1) is 11.3 Å². The van der Waals surface area contributed by atoms with Gasteiger partial charge in [0.1, 0.15) is 12.3 Å². The Bertz CT molecular complexity index is 607. The molecule has 0 atom stereocenters. The smallest absolute Gasteiger partial charge is 0.183 e. The normalized spacial score (nSPS) is 11.6. The van der Waals surface area contributed by atoms with Crippen LogP contribution in [0.25, 0.3) is 0 Å². The molecule has 1 aromatic carbocycles. The van der Waals surface area contributed by atoms with Crippen molar-refractivity contribution in [3.8, 4) is 0 Å². The molecule has 2 N–H and O–H groups in total. The number of hydrogen-bond donors (Lipinski definition) is 1. The van der Waals surface area contributed by atoms with Gasteiger partial charge in [0.2, 0.25) is 0 Å². The summed E-state index contributed by atoms with van der Waals surface area (Å²) in [6.45, 7) is 1.39. The van der Waals surface area contributed by atoms with Crippen molar-refractivity contribution in [2.45, 2.75) is 11.4 Å². The third kappa shape index (κ3) is 4.31. The highest BCUT2D eigenvalue weighted by Crippen LogP contribution is 2.14. The summed E-state index contributed by atoms with van der Waals surface area (Å²) in [7, 11) is -3.20. The van der Waals surface area contributed by atoms with E-state index in [4.69, 9.17) is 11.6 Å². The van der Waals surface area contributed by atoms with Crippen molar-refractivity contribution in [2.75, 3.05) is 12.3 Å². The maximum atomic E-state index is 12.0. The first kappa shape index (κ1) is 14.5. The fourth-order valence-corrected chi connectivity index (χ4v) is 3.76. The van der Waals surface area contributed by atoms with Gasteiger partial charge in [0.05, 0.1) is 16.3 Å². The quantitative estimate of drug-likeness (QED) is 0.828. The van der Waals surface area contributed by atoms with E-state index in [1.54, 1.807) is 35.6 Å². The Labute approximate surface area is 122 Å². The second-order valence-corrected chi connectivity index (χ2v) is 7.71. The van der Waals surface area contributed by atoms with Crippen molar-refractivity contribution < 1.29 is 13.7 Å². The second-order valence-electron chi connectivity index (χ2n) is 4.13. The van der Waals surface area contributed by atoms with Gasteiger partial charge in [0, 0.05) is 5.02 Å². The second kappa shape index (κ2) is 6.52. The van der Waals surface area contributed by atoms with E-state index in [-0.39, 0.29) is 5.75 Å². The largest absolute Gasteiger partial charge is 0.341 e. The Morgan fingerprint density at radius 3 is 2.53 bits per heavy atom. The third-order valence-electron chi connectivity index (χ3n) is 2.69. The summed E-state index contributed by atoms with van der Waals surface area (Å²) in [5, 5.41) is 4.58. The summed E-state index contributed by atoms with van der Waals surface area (Å²) >= 11 is 7.43. The lowest BCUT2D eigenvalue weighted by molar-refractivity contribution is -0.666. The van der Waals surface area contributed by atoms with Gasteiger partial charge < -0.3 is 5.32 Å². The fraction of sp³-hybridized carbons (Fsp3) is 0.231. The average molecular weight is 317 g/mol. The molecule has 0 spiro atoms. The number of hydrogen-bond acceptors (Lipinski definition) is 3. The molecule has 0 amide bonds. The minimum Gasteiger partial charge on any atom is -0.341 e. The molecule has 19 heavy (non-hydrogen) atoms. The first-order valence-electron chi connectivity index (χ1n) is 5.90. The highest BCUT2D eigenvalue weighted by atomic mass is 35.5. The van der Waals surface area contributed by atoms with Gasteiger partial charge in [0.25, 0.3) is 0 Å². The highest BCUT2D eigenvalue weighted by molar-refractivity contribution is 7.91. The Morgan fingerprint density at radius 1 is 1.16 bits per heavy atom. The van der Waals surface area contributed by atoms with Crippen molar-refractivity contribution in [3.63, 3.8) is 0 Å². The van der Waals surface area contributed by atoms with Gasteiger partial charge in [-0.3, -0.25) is 0 Å². The van der Waals surface area contributed by atoms with E-state index in [2.05, 4.69) is 6.07 Å². The number of nitrogens with two attached hydrogens (primary N) is 1. The third-order valence-corrected chi connectivity index (χ3v) is 5.60. The van der Waals surface area contributed by atoms with Crippen LogP contribution in [0, 0.1) is 0 Å². The van der Waals surface area contributed by atoms with Gasteiger partial charge in [-0.25, -0.2) is 8.42 Å². The molecule has 2 aromatic rings. The summed E-state index contributed by atoms with van der Waals surface area (Å²) in [5.74, 6) is 0.139. The van der Waals surface area contributed by atoms with E-state index in [9.17, 15) is 8.42 Å². The first-order valence-corrected chi connectivity index (χ1v) is 8.81. The fourth-order valence-electron chi connectivity index (χ4n) is 1.67. The molecule has 0 saturated carbocycles. The van der Waals surface area contributed by atoms with E-state index in [0.29, 0.717) is 16.5 Å². The lowest BCUT2D eigenvalue weighted by atomic mass is 10.4. The number of halogens is 1. The molecule has 0 fully saturated rings. The average Bonchev–Trinajstić information content (AvgIpc) is 2.88. The number of rotatable bonds is 6. The van der Waals surface area contributed by atoms with Crippen LogP contribution in [0.2, 0.25) is 5.02 Å². The van der Waals surface area contributed by atoms with E-state index >= 15 is 0 Å². The van der Waals surface area contributed by atoms with Crippen molar-refractivity contribution in [1.82, 2.24) is 0 Å². The molecule has 1 heterocycles. The molecule has 0 unspecified atom stereocenters. The number of benzene rings is 1. The maximum Gasteiger partial charge on any atom is 0.183 e. The standard InChI is InChI=1S/C13H14ClNO2S2/c14-11-3-5-13(6-4-11)19(16,17)9-7-15-10-12-2-1-8-18-12/h1-6,8,15H,7,9-10H2/p+1. The summed E-state index contributed by atoms with van der Waals surface area (Å²) in [4.78, 5) is 1.59. The zero-order valence-corrected chi connectivity index (χ0v) is 12.6. The van der Waals surface area contributed by atoms with Crippen LogP contribution < -0.4 is 5.32 Å². The molecule has 0 radical (unpaired) electrons. The lowest BCUT2D eigenvalue weighted by Gasteiger charge is -2.04. The number of sulfone groups is 1. The molecule has 0 bridgehead atoms. The topological polar surface area (TPSA) is 50.8 Å². The molecule has 0 aliphatic rings. The van der Waals surface area contributed by atoms with Crippen molar-refractivity contribution in [2.24, 2.45) is 0 Å². The predicted molar refractivity (Wildman–Crippen MR) is 78.3 cm³/mol. The van der Waals surface area contributed by atoms with Crippen molar-refractivity contribution >= 4 is 32.8 Å². The van der Waals surface area contributed by atoms with E-state index in [1.807, 2.05) is 16.8 Å². The Balaban J connectivity index is 1.86. The molecule has 102 valence electrons. The monoisotopic (exact) mass is 316 g/mol. The molecule has 3 nitrogen and oxygen atoms in total. The van der Waals surface area contributed by atoms with Gasteiger partial charge in [-0.1, -0.05) is 17.7 Å². The van der Waals surface area contributed by atoms with E-state index in [1.165, 1.54) is 4.88 Å². The van der Waals surface area contributed by atoms with E-state index in [0.717, 1.165) is 6.54 Å². The Kier molecular flexibility index (Phi) is 4.99. The molecule has 1 aromatic heterocycles. The van der Waals surface area contributed by atoms with Crippen LogP contribution in [-0.2, 0) is 16.4 Å². The molecule has 6 heteroatoms. The molecule has 0 aliphatic heterocycles. The summed E-state index contributed by atoms with van der Waals surface area (Å²) in [6, 6.07) is 10.4. The molecule has 0 aliphatic carbocycles. The highest BCUT2D eigenvalue weighted by Gasteiger charge is 2.14. The zero-order valence-electron chi connectivity index (χ0n) is 10.3. The van der Waals surface area contributed by atoms with Gasteiger partial charge in [-0.2, -0.15) is 0 Å². The van der Waals surface area contributed by atoms with Crippen LogP contribution in [0.15, 0.2) is 46.7 Å². The molecular formula is C13H15ClNO2S2+. The SMILES string of the molecule is O=S(=O)(CC[NH2+]Cc1cccs1)c1ccc(Cl)cc1.